The maximum atomic E-state index is 13.1. The van der Waals surface area contributed by atoms with Crippen molar-refractivity contribution in [2.45, 2.75) is 56.7 Å². The molecule has 1 aliphatic carbocycles. The van der Waals surface area contributed by atoms with Crippen LogP contribution < -0.4 is 15.5 Å². The van der Waals surface area contributed by atoms with Gasteiger partial charge < -0.3 is 15.1 Å². The van der Waals surface area contributed by atoms with Crippen molar-refractivity contribution in [1.82, 2.24) is 20.4 Å². The van der Waals surface area contributed by atoms with Crippen molar-refractivity contribution in [2.75, 3.05) is 44.2 Å². The summed E-state index contributed by atoms with van der Waals surface area (Å²) < 4.78 is 0. The van der Waals surface area contributed by atoms with Crippen LogP contribution in [0.15, 0.2) is 18.2 Å². The van der Waals surface area contributed by atoms with E-state index < -0.39 is 6.04 Å². The van der Waals surface area contributed by atoms with Gasteiger partial charge in [-0.25, -0.2) is 0 Å². The van der Waals surface area contributed by atoms with Crippen molar-refractivity contribution >= 4 is 23.4 Å². The first kappa shape index (κ1) is 21.1. The summed E-state index contributed by atoms with van der Waals surface area (Å²) in [6, 6.07) is 5.62. The number of piperidine rings is 2. The average molecular weight is 452 g/mol. The van der Waals surface area contributed by atoms with Crippen LogP contribution in [-0.4, -0.2) is 78.4 Å². The molecule has 3 saturated heterocycles. The Hall–Kier alpha value is -2.45. The third-order valence-corrected chi connectivity index (χ3v) is 8.48. The number of fused-ring (bicyclic) bond motifs is 1. The van der Waals surface area contributed by atoms with Gasteiger partial charge >= 0.3 is 0 Å². The molecule has 1 saturated carbocycles. The minimum atomic E-state index is -0.554. The number of hydrogen-bond acceptors (Lipinski definition) is 6. The summed E-state index contributed by atoms with van der Waals surface area (Å²) in [5.41, 5.74) is 3.24. The fourth-order valence-corrected chi connectivity index (χ4v) is 6.23. The Balaban J connectivity index is 1.08. The number of anilines is 1. The Kier molecular flexibility index (Phi) is 5.18. The minimum absolute atomic E-state index is 0.0929. The highest BCUT2D eigenvalue weighted by Crippen LogP contribution is 2.43. The van der Waals surface area contributed by atoms with Gasteiger partial charge in [0.2, 0.25) is 11.8 Å². The summed E-state index contributed by atoms with van der Waals surface area (Å²) in [5, 5.41) is 5.94. The molecular formula is C25H33N5O3. The molecule has 1 aromatic rings. The molecule has 1 unspecified atom stereocenters. The summed E-state index contributed by atoms with van der Waals surface area (Å²) >= 11 is 0. The maximum Gasteiger partial charge on any atom is 0.255 e. The quantitative estimate of drug-likeness (QED) is 0.667. The second-order valence-electron chi connectivity index (χ2n) is 10.5. The van der Waals surface area contributed by atoms with E-state index in [4.69, 9.17) is 0 Å². The van der Waals surface area contributed by atoms with E-state index in [1.54, 1.807) is 4.90 Å². The molecule has 0 radical (unpaired) electrons. The van der Waals surface area contributed by atoms with Gasteiger partial charge in [-0.05, 0) is 55.7 Å². The van der Waals surface area contributed by atoms with E-state index in [1.165, 1.54) is 38.8 Å². The van der Waals surface area contributed by atoms with Gasteiger partial charge in [-0.2, -0.15) is 0 Å². The second-order valence-corrected chi connectivity index (χ2v) is 10.5. The van der Waals surface area contributed by atoms with Crippen LogP contribution in [0.25, 0.3) is 0 Å². The molecule has 4 aliphatic heterocycles. The van der Waals surface area contributed by atoms with Gasteiger partial charge in [-0.15, -0.1) is 0 Å². The summed E-state index contributed by atoms with van der Waals surface area (Å²) in [7, 11) is 0. The van der Waals surface area contributed by atoms with Crippen molar-refractivity contribution < 1.29 is 14.4 Å². The third kappa shape index (κ3) is 3.83. The van der Waals surface area contributed by atoms with Crippen LogP contribution in [0.3, 0.4) is 0 Å². The zero-order valence-corrected chi connectivity index (χ0v) is 19.1. The van der Waals surface area contributed by atoms with E-state index in [-0.39, 0.29) is 24.1 Å². The molecule has 1 spiro atoms. The number of amides is 3. The van der Waals surface area contributed by atoms with Crippen LogP contribution in [0.2, 0.25) is 0 Å². The monoisotopic (exact) mass is 451 g/mol. The highest BCUT2D eigenvalue weighted by atomic mass is 16.2. The van der Waals surface area contributed by atoms with E-state index in [0.29, 0.717) is 24.1 Å². The number of imide groups is 1. The number of carbonyl (C=O) groups excluding carboxylic acids is 3. The van der Waals surface area contributed by atoms with E-state index in [1.807, 2.05) is 12.1 Å². The van der Waals surface area contributed by atoms with Gasteiger partial charge in [0.1, 0.15) is 6.04 Å². The van der Waals surface area contributed by atoms with Crippen LogP contribution in [0, 0.1) is 5.92 Å². The molecule has 4 heterocycles. The highest BCUT2D eigenvalue weighted by molar-refractivity contribution is 6.05. The van der Waals surface area contributed by atoms with Gasteiger partial charge in [-0.3, -0.25) is 24.6 Å². The fraction of sp³-hybridized carbons (Fsp3) is 0.640. The predicted octanol–water partition coefficient (Wildman–Crippen LogP) is 1.10. The number of carbonyl (C=O) groups is 3. The van der Waals surface area contributed by atoms with Crippen LogP contribution in [-0.2, 0) is 16.1 Å². The topological polar surface area (TPSA) is 85.0 Å². The van der Waals surface area contributed by atoms with Crippen LogP contribution in [0.4, 0.5) is 5.69 Å². The molecule has 0 bridgehead atoms. The number of hydrogen-bond donors (Lipinski definition) is 2. The smallest absolute Gasteiger partial charge is 0.255 e. The van der Waals surface area contributed by atoms with Crippen molar-refractivity contribution in [2.24, 2.45) is 5.92 Å². The lowest BCUT2D eigenvalue weighted by atomic mass is 9.94. The number of piperazine rings is 1. The van der Waals surface area contributed by atoms with E-state index in [2.05, 4.69) is 26.5 Å². The van der Waals surface area contributed by atoms with Gasteiger partial charge in [0.25, 0.3) is 5.91 Å². The van der Waals surface area contributed by atoms with Crippen LogP contribution in [0.5, 0.6) is 0 Å². The molecule has 8 nitrogen and oxygen atoms in total. The molecule has 4 fully saturated rings. The summed E-state index contributed by atoms with van der Waals surface area (Å²) in [5.74, 6) is 0.0445. The van der Waals surface area contributed by atoms with Crippen molar-refractivity contribution in [3.05, 3.63) is 29.3 Å². The van der Waals surface area contributed by atoms with Crippen molar-refractivity contribution in [3.8, 4) is 0 Å². The highest BCUT2D eigenvalue weighted by Gasteiger charge is 2.49. The normalized spacial score (nSPS) is 27.8. The number of nitrogens with zero attached hydrogens (tertiary/aromatic N) is 3. The molecule has 176 valence electrons. The lowest BCUT2D eigenvalue weighted by Crippen LogP contribution is -2.55. The first-order chi connectivity index (χ1) is 16.0. The Morgan fingerprint density at radius 1 is 1.03 bits per heavy atom. The fourth-order valence-electron chi connectivity index (χ4n) is 6.23. The van der Waals surface area contributed by atoms with E-state index in [9.17, 15) is 14.4 Å². The molecule has 5 aliphatic rings. The zero-order chi connectivity index (χ0) is 22.6. The van der Waals surface area contributed by atoms with Gasteiger partial charge in [0.15, 0.2) is 0 Å². The first-order valence-corrected chi connectivity index (χ1v) is 12.5. The van der Waals surface area contributed by atoms with Crippen molar-refractivity contribution in [1.29, 1.82) is 0 Å². The largest absolute Gasteiger partial charge is 0.371 e. The molecule has 0 aromatic heterocycles. The predicted molar refractivity (Wildman–Crippen MR) is 124 cm³/mol. The standard InChI is InChI=1S/C25H33N5O3/c31-22-4-3-21(23(32)27-22)30-15-18-1-2-19(13-20(18)24(30)33)28-10-5-17(6-11-28)14-29-12-9-26-16-25(29)7-8-25/h1-2,13,17,21,26H,3-12,14-16H2,(H,27,31,32). The molecular weight excluding hydrogens is 418 g/mol. The second kappa shape index (κ2) is 8.09. The zero-order valence-electron chi connectivity index (χ0n) is 19.1. The SMILES string of the molecule is O=C1CCC(N2Cc3ccc(N4CCC(CN5CCNCC56CC6)CC4)cc3C2=O)C(=O)N1. The van der Waals surface area contributed by atoms with Gasteiger partial charge in [0.05, 0.1) is 0 Å². The molecule has 6 rings (SSSR count). The number of nitrogens with one attached hydrogen (secondary N) is 2. The Labute approximate surface area is 194 Å². The Morgan fingerprint density at radius 3 is 2.61 bits per heavy atom. The van der Waals surface area contributed by atoms with Crippen LogP contribution >= 0.6 is 0 Å². The van der Waals surface area contributed by atoms with E-state index in [0.717, 1.165) is 43.3 Å². The van der Waals surface area contributed by atoms with Crippen molar-refractivity contribution in [3.63, 3.8) is 0 Å². The number of benzene rings is 1. The Bertz CT molecular complexity index is 982. The summed E-state index contributed by atoms with van der Waals surface area (Å²) in [6.07, 6.45) is 5.75. The number of rotatable bonds is 4. The first-order valence-electron chi connectivity index (χ1n) is 12.5. The third-order valence-electron chi connectivity index (χ3n) is 8.48. The summed E-state index contributed by atoms with van der Waals surface area (Å²) in [4.78, 5) is 43.7. The van der Waals surface area contributed by atoms with Gasteiger partial charge in [-0.1, -0.05) is 6.07 Å². The summed E-state index contributed by atoms with van der Waals surface area (Å²) in [6.45, 7) is 7.15. The van der Waals surface area contributed by atoms with Crippen LogP contribution in [0.1, 0.15) is 54.4 Å². The molecule has 8 heteroatoms. The molecule has 3 amide bonds. The molecule has 1 aromatic carbocycles. The lowest BCUT2D eigenvalue weighted by molar-refractivity contribution is -0.136. The molecule has 1 atom stereocenters. The molecule has 2 N–H and O–H groups in total. The minimum Gasteiger partial charge on any atom is -0.371 e. The molecule has 33 heavy (non-hydrogen) atoms. The lowest BCUT2D eigenvalue weighted by Gasteiger charge is -2.41. The van der Waals surface area contributed by atoms with E-state index >= 15 is 0 Å². The Morgan fingerprint density at radius 2 is 1.85 bits per heavy atom. The average Bonchev–Trinajstić information content (AvgIpc) is 3.52. The van der Waals surface area contributed by atoms with Gasteiger partial charge in [0, 0.05) is 69.0 Å². The maximum absolute atomic E-state index is 13.1.